The Balaban J connectivity index is 2.29. The van der Waals surface area contributed by atoms with E-state index in [-0.39, 0.29) is 11.5 Å². The summed E-state index contributed by atoms with van der Waals surface area (Å²) in [7, 11) is 0. The molecule has 1 atom stereocenters. The molecule has 4 heteroatoms. The number of nitrogens with two attached hydrogens (primary N) is 1. The first-order chi connectivity index (χ1) is 7.88. The molecule has 2 aromatic rings. The van der Waals surface area contributed by atoms with Gasteiger partial charge in [0.25, 0.3) is 0 Å². The third kappa shape index (κ3) is 2.61. The van der Waals surface area contributed by atoms with Crippen LogP contribution in [0.3, 0.4) is 0 Å². The molecule has 1 unspecified atom stereocenters. The molecule has 0 fully saturated rings. The van der Waals surface area contributed by atoms with Crippen LogP contribution in [0.2, 0.25) is 5.02 Å². The van der Waals surface area contributed by atoms with Crippen molar-refractivity contribution in [3.05, 3.63) is 29.0 Å². The maximum absolute atomic E-state index is 6.15. The highest BCUT2D eigenvalue weighted by Gasteiger charge is 2.22. The van der Waals surface area contributed by atoms with Gasteiger partial charge in [0.15, 0.2) is 0 Å². The van der Waals surface area contributed by atoms with Crippen molar-refractivity contribution < 1.29 is 0 Å². The van der Waals surface area contributed by atoms with Gasteiger partial charge in [-0.1, -0.05) is 38.4 Å². The largest absolute Gasteiger partial charge is 0.342 e. The van der Waals surface area contributed by atoms with Crippen molar-refractivity contribution in [2.45, 2.75) is 33.2 Å². The topological polar surface area (TPSA) is 54.7 Å². The predicted octanol–water partition coefficient (Wildman–Crippen LogP) is 3.13. The third-order valence-electron chi connectivity index (χ3n) is 3.04. The summed E-state index contributed by atoms with van der Waals surface area (Å²) in [6.07, 6.45) is 0.731. The van der Waals surface area contributed by atoms with E-state index in [2.05, 4.69) is 30.7 Å². The molecule has 0 amide bonds. The molecule has 0 aliphatic rings. The number of imidazole rings is 1. The Morgan fingerprint density at radius 3 is 2.71 bits per heavy atom. The van der Waals surface area contributed by atoms with Gasteiger partial charge in [-0.3, -0.25) is 0 Å². The number of benzene rings is 1. The van der Waals surface area contributed by atoms with Crippen molar-refractivity contribution in [3.63, 3.8) is 0 Å². The van der Waals surface area contributed by atoms with Gasteiger partial charge in [-0.2, -0.15) is 0 Å². The van der Waals surface area contributed by atoms with Gasteiger partial charge >= 0.3 is 0 Å². The first-order valence-electron chi connectivity index (χ1n) is 5.76. The van der Waals surface area contributed by atoms with Crippen LogP contribution >= 0.6 is 11.6 Å². The van der Waals surface area contributed by atoms with Crippen LogP contribution in [0.15, 0.2) is 18.2 Å². The minimum absolute atomic E-state index is 0.0711. The first kappa shape index (κ1) is 12.4. The highest BCUT2D eigenvalue weighted by atomic mass is 35.5. The summed E-state index contributed by atoms with van der Waals surface area (Å²) in [6, 6.07) is 5.80. The summed E-state index contributed by atoms with van der Waals surface area (Å²) in [5, 5.41) is 0.675. The molecule has 1 aromatic carbocycles. The number of nitrogens with one attached hydrogen (secondary N) is 1. The van der Waals surface area contributed by atoms with Gasteiger partial charge in [-0.25, -0.2) is 4.98 Å². The lowest BCUT2D eigenvalue weighted by Crippen LogP contribution is -2.37. The molecule has 0 aliphatic heterocycles. The second-order valence-electron chi connectivity index (χ2n) is 5.50. The minimum atomic E-state index is 0.0711. The third-order valence-corrected chi connectivity index (χ3v) is 3.34. The second-order valence-corrected chi connectivity index (χ2v) is 5.90. The van der Waals surface area contributed by atoms with Gasteiger partial charge in [-0.15, -0.1) is 0 Å². The number of halogens is 1. The standard InChI is InChI=1S/C13H18ClN3/c1-13(2,3)10(15)7-11-16-9-6-4-5-8(14)12(9)17-11/h4-6,10H,7,15H2,1-3H3,(H,16,17). The van der Waals surface area contributed by atoms with Crippen LogP contribution in [-0.4, -0.2) is 16.0 Å². The molecular weight excluding hydrogens is 234 g/mol. The molecule has 0 radical (unpaired) electrons. The van der Waals surface area contributed by atoms with Crippen molar-refractivity contribution in [3.8, 4) is 0 Å². The van der Waals surface area contributed by atoms with E-state index in [0.29, 0.717) is 5.02 Å². The van der Waals surface area contributed by atoms with E-state index < -0.39 is 0 Å². The van der Waals surface area contributed by atoms with E-state index in [1.54, 1.807) is 0 Å². The molecule has 0 saturated heterocycles. The van der Waals surface area contributed by atoms with Gasteiger partial charge in [0.05, 0.1) is 10.5 Å². The Kier molecular flexibility index (Phi) is 3.15. The molecule has 1 aromatic heterocycles. The minimum Gasteiger partial charge on any atom is -0.342 e. The van der Waals surface area contributed by atoms with Crippen LogP contribution in [0.25, 0.3) is 11.0 Å². The van der Waals surface area contributed by atoms with Gasteiger partial charge < -0.3 is 10.7 Å². The lowest BCUT2D eigenvalue weighted by atomic mass is 9.85. The number of aromatic nitrogens is 2. The average molecular weight is 252 g/mol. The van der Waals surface area contributed by atoms with E-state index >= 15 is 0 Å². The molecule has 0 spiro atoms. The number of fused-ring (bicyclic) bond motifs is 1. The number of aromatic amines is 1. The number of hydrogen-bond donors (Lipinski definition) is 2. The van der Waals surface area contributed by atoms with Crippen LogP contribution < -0.4 is 5.73 Å². The molecule has 0 bridgehead atoms. The molecule has 1 heterocycles. The summed E-state index contributed by atoms with van der Waals surface area (Å²) in [4.78, 5) is 7.76. The zero-order valence-corrected chi connectivity index (χ0v) is 11.2. The van der Waals surface area contributed by atoms with Crippen molar-refractivity contribution in [1.82, 2.24) is 9.97 Å². The normalized spacial score (nSPS) is 14.2. The number of H-pyrrole nitrogens is 1. The van der Waals surface area contributed by atoms with E-state index in [1.165, 1.54) is 0 Å². The van der Waals surface area contributed by atoms with Crippen LogP contribution in [0.4, 0.5) is 0 Å². The summed E-state index contributed by atoms with van der Waals surface area (Å²) >= 11 is 6.08. The Morgan fingerprint density at radius 1 is 1.41 bits per heavy atom. The highest BCUT2D eigenvalue weighted by molar-refractivity contribution is 6.34. The van der Waals surface area contributed by atoms with Crippen molar-refractivity contribution in [1.29, 1.82) is 0 Å². The molecule has 0 saturated carbocycles. The van der Waals surface area contributed by atoms with E-state index in [4.69, 9.17) is 17.3 Å². The Labute approximate surface area is 106 Å². The molecular formula is C13H18ClN3. The maximum atomic E-state index is 6.15. The Hall–Kier alpha value is -1.06. The zero-order valence-electron chi connectivity index (χ0n) is 10.4. The van der Waals surface area contributed by atoms with Gasteiger partial charge in [-0.05, 0) is 17.5 Å². The zero-order chi connectivity index (χ0) is 12.6. The number of rotatable bonds is 2. The lowest BCUT2D eigenvalue weighted by Gasteiger charge is -2.26. The van der Waals surface area contributed by atoms with Gasteiger partial charge in [0.1, 0.15) is 11.3 Å². The Morgan fingerprint density at radius 2 is 2.12 bits per heavy atom. The van der Waals surface area contributed by atoms with Gasteiger partial charge in [0.2, 0.25) is 0 Å². The van der Waals surface area contributed by atoms with E-state index in [0.717, 1.165) is 23.3 Å². The SMILES string of the molecule is CC(C)(C)C(N)Cc1nc2c(Cl)cccc2[nH]1. The molecule has 92 valence electrons. The van der Waals surface area contributed by atoms with E-state index in [1.807, 2.05) is 18.2 Å². The predicted molar refractivity (Wildman–Crippen MR) is 72.2 cm³/mol. The summed E-state index contributed by atoms with van der Waals surface area (Å²) in [6.45, 7) is 6.40. The first-order valence-corrected chi connectivity index (χ1v) is 6.14. The van der Waals surface area contributed by atoms with Crippen LogP contribution in [0.1, 0.15) is 26.6 Å². The number of para-hydroxylation sites is 1. The quantitative estimate of drug-likeness (QED) is 0.862. The van der Waals surface area contributed by atoms with Crippen molar-refractivity contribution >= 4 is 22.6 Å². The molecule has 17 heavy (non-hydrogen) atoms. The van der Waals surface area contributed by atoms with Crippen molar-refractivity contribution in [2.24, 2.45) is 11.1 Å². The smallest absolute Gasteiger partial charge is 0.108 e. The molecule has 3 nitrogen and oxygen atoms in total. The monoisotopic (exact) mass is 251 g/mol. The summed E-state index contributed by atoms with van der Waals surface area (Å²) < 4.78 is 0. The second kappa shape index (κ2) is 4.31. The van der Waals surface area contributed by atoms with Crippen LogP contribution in [-0.2, 0) is 6.42 Å². The van der Waals surface area contributed by atoms with Gasteiger partial charge in [0, 0.05) is 12.5 Å². The fourth-order valence-electron chi connectivity index (χ4n) is 1.66. The average Bonchev–Trinajstić information content (AvgIpc) is 2.60. The Bertz CT molecular complexity index is 525. The van der Waals surface area contributed by atoms with Crippen molar-refractivity contribution in [2.75, 3.05) is 0 Å². The summed E-state index contributed by atoms with van der Waals surface area (Å²) in [5.74, 6) is 0.899. The molecule has 0 aliphatic carbocycles. The fraction of sp³-hybridized carbons (Fsp3) is 0.462. The van der Waals surface area contributed by atoms with Crippen LogP contribution in [0.5, 0.6) is 0 Å². The molecule has 3 N–H and O–H groups in total. The fourth-order valence-corrected chi connectivity index (χ4v) is 1.88. The van der Waals surface area contributed by atoms with Crippen LogP contribution in [0, 0.1) is 5.41 Å². The lowest BCUT2D eigenvalue weighted by molar-refractivity contribution is 0.315. The number of nitrogens with zero attached hydrogens (tertiary/aromatic N) is 1. The number of hydrogen-bond acceptors (Lipinski definition) is 2. The molecule has 2 rings (SSSR count). The maximum Gasteiger partial charge on any atom is 0.108 e. The highest BCUT2D eigenvalue weighted by Crippen LogP contribution is 2.24. The van der Waals surface area contributed by atoms with E-state index in [9.17, 15) is 0 Å². The summed E-state index contributed by atoms with van der Waals surface area (Å²) in [5.41, 5.74) is 8.01.